The molecule has 0 saturated carbocycles. The molecule has 0 aliphatic carbocycles. The van der Waals surface area contributed by atoms with Crippen molar-refractivity contribution in [2.24, 2.45) is 5.92 Å². The molecule has 76 valence electrons. The smallest absolute Gasteiger partial charge is 0.153 e. The molecule has 0 radical (unpaired) electrons. The summed E-state index contributed by atoms with van der Waals surface area (Å²) in [7, 11) is 0. The number of carbonyl (C=O) groups is 1. The predicted octanol–water partition coefficient (Wildman–Crippen LogP) is 2.69. The van der Waals surface area contributed by atoms with Crippen molar-refractivity contribution in [2.45, 2.75) is 13.8 Å². The summed E-state index contributed by atoms with van der Waals surface area (Å²) in [5, 5.41) is 0. The number of aldehydes is 1. The average molecular weight is 258 g/mol. The van der Waals surface area contributed by atoms with E-state index in [1.54, 1.807) is 12.3 Å². The zero-order chi connectivity index (χ0) is 10.6. The molecular formula is C10H12BrNO2. The molecule has 0 N–H and O–H groups in total. The van der Waals surface area contributed by atoms with Crippen LogP contribution in [0.2, 0.25) is 0 Å². The second kappa shape index (κ2) is 5.10. The molecule has 1 aromatic heterocycles. The summed E-state index contributed by atoms with van der Waals surface area (Å²) >= 11 is 3.19. The van der Waals surface area contributed by atoms with Crippen LogP contribution in [0.1, 0.15) is 24.2 Å². The van der Waals surface area contributed by atoms with Crippen molar-refractivity contribution in [1.29, 1.82) is 0 Å². The van der Waals surface area contributed by atoms with Gasteiger partial charge in [-0.05, 0) is 27.9 Å². The molecule has 0 bridgehead atoms. The number of nitrogens with zero attached hydrogens (tertiary/aromatic N) is 1. The molecule has 0 aromatic carbocycles. The molecule has 0 unspecified atom stereocenters. The quantitative estimate of drug-likeness (QED) is 0.615. The van der Waals surface area contributed by atoms with E-state index in [9.17, 15) is 4.79 Å². The van der Waals surface area contributed by atoms with Crippen LogP contribution in [-0.2, 0) is 0 Å². The Morgan fingerprint density at radius 2 is 2.36 bits per heavy atom. The monoisotopic (exact) mass is 257 g/mol. The van der Waals surface area contributed by atoms with E-state index >= 15 is 0 Å². The van der Waals surface area contributed by atoms with Gasteiger partial charge >= 0.3 is 0 Å². The van der Waals surface area contributed by atoms with Crippen LogP contribution in [0.25, 0.3) is 0 Å². The average Bonchev–Trinajstić information content (AvgIpc) is 2.15. The molecule has 0 amide bonds. The Morgan fingerprint density at radius 3 is 2.93 bits per heavy atom. The number of aromatic nitrogens is 1. The molecule has 0 atom stereocenters. The molecule has 0 aliphatic heterocycles. The lowest BCUT2D eigenvalue weighted by atomic mass is 10.2. The summed E-state index contributed by atoms with van der Waals surface area (Å²) in [6.07, 6.45) is 2.32. The number of hydrogen-bond acceptors (Lipinski definition) is 3. The topological polar surface area (TPSA) is 39.2 Å². The maximum Gasteiger partial charge on any atom is 0.153 e. The molecule has 1 rings (SSSR count). The van der Waals surface area contributed by atoms with Gasteiger partial charge in [0.15, 0.2) is 6.29 Å². The van der Waals surface area contributed by atoms with Crippen LogP contribution < -0.4 is 4.74 Å². The highest BCUT2D eigenvalue weighted by molar-refractivity contribution is 9.10. The summed E-state index contributed by atoms with van der Waals surface area (Å²) in [5.74, 6) is 0.968. The lowest BCUT2D eigenvalue weighted by molar-refractivity contribution is 0.111. The number of rotatable bonds is 4. The summed E-state index contributed by atoms with van der Waals surface area (Å²) in [6, 6.07) is 1.64. The van der Waals surface area contributed by atoms with Crippen LogP contribution in [0, 0.1) is 5.92 Å². The largest absolute Gasteiger partial charge is 0.491 e. The van der Waals surface area contributed by atoms with Gasteiger partial charge in [0.25, 0.3) is 0 Å². The van der Waals surface area contributed by atoms with E-state index in [2.05, 4.69) is 20.9 Å². The Bertz CT molecular complexity index is 326. The van der Waals surface area contributed by atoms with E-state index in [0.717, 1.165) is 6.29 Å². The Labute approximate surface area is 91.6 Å². The van der Waals surface area contributed by atoms with Gasteiger partial charge in [0.05, 0.1) is 18.4 Å². The molecule has 14 heavy (non-hydrogen) atoms. The van der Waals surface area contributed by atoms with Crippen molar-refractivity contribution >= 4 is 22.2 Å². The summed E-state index contributed by atoms with van der Waals surface area (Å²) in [4.78, 5) is 14.7. The number of ether oxygens (including phenoxy) is 1. The van der Waals surface area contributed by atoms with Gasteiger partial charge < -0.3 is 4.74 Å². The van der Waals surface area contributed by atoms with Crippen LogP contribution in [0.5, 0.6) is 5.75 Å². The Morgan fingerprint density at radius 1 is 1.64 bits per heavy atom. The maximum absolute atomic E-state index is 10.7. The van der Waals surface area contributed by atoms with E-state index in [1.807, 2.05) is 13.8 Å². The molecule has 4 heteroatoms. The highest BCUT2D eigenvalue weighted by Crippen LogP contribution is 2.19. The Kier molecular flexibility index (Phi) is 4.07. The van der Waals surface area contributed by atoms with Crippen molar-refractivity contribution in [3.63, 3.8) is 0 Å². The summed E-state index contributed by atoms with van der Waals surface area (Å²) in [5.41, 5.74) is 0.521. The first kappa shape index (κ1) is 11.2. The van der Waals surface area contributed by atoms with Gasteiger partial charge in [-0.25, -0.2) is 4.98 Å². The minimum absolute atomic E-state index is 0.429. The highest BCUT2D eigenvalue weighted by atomic mass is 79.9. The Hall–Kier alpha value is -0.900. The van der Waals surface area contributed by atoms with E-state index in [4.69, 9.17) is 4.74 Å². The molecule has 0 spiro atoms. The Balaban J connectivity index is 2.80. The fourth-order valence-electron chi connectivity index (χ4n) is 0.901. The lowest BCUT2D eigenvalue weighted by Gasteiger charge is -2.09. The molecule has 0 saturated heterocycles. The summed E-state index contributed by atoms with van der Waals surface area (Å²) < 4.78 is 6.07. The minimum atomic E-state index is 0.429. The molecular weight excluding hydrogens is 246 g/mol. The molecule has 3 nitrogen and oxygen atoms in total. The summed E-state index contributed by atoms with van der Waals surface area (Å²) in [6.45, 7) is 4.68. The predicted molar refractivity (Wildman–Crippen MR) is 57.7 cm³/mol. The first-order valence-electron chi connectivity index (χ1n) is 4.37. The first-order valence-corrected chi connectivity index (χ1v) is 5.16. The fourth-order valence-corrected chi connectivity index (χ4v) is 1.25. The number of pyridine rings is 1. The van der Waals surface area contributed by atoms with Crippen molar-refractivity contribution in [2.75, 3.05) is 6.61 Å². The van der Waals surface area contributed by atoms with Crippen LogP contribution >= 0.6 is 15.9 Å². The van der Waals surface area contributed by atoms with Crippen molar-refractivity contribution in [1.82, 2.24) is 4.98 Å². The van der Waals surface area contributed by atoms with Crippen LogP contribution in [0.4, 0.5) is 0 Å². The van der Waals surface area contributed by atoms with Crippen LogP contribution in [-0.4, -0.2) is 17.9 Å². The lowest BCUT2D eigenvalue weighted by Crippen LogP contribution is -2.06. The van der Waals surface area contributed by atoms with Crippen molar-refractivity contribution in [3.05, 3.63) is 22.4 Å². The van der Waals surface area contributed by atoms with Gasteiger partial charge in [-0.1, -0.05) is 13.8 Å². The van der Waals surface area contributed by atoms with Crippen molar-refractivity contribution < 1.29 is 9.53 Å². The van der Waals surface area contributed by atoms with Gasteiger partial charge in [0.2, 0.25) is 0 Å². The normalized spacial score (nSPS) is 10.3. The minimum Gasteiger partial charge on any atom is -0.491 e. The van der Waals surface area contributed by atoms with Crippen LogP contribution in [0.15, 0.2) is 16.9 Å². The number of halogens is 1. The fraction of sp³-hybridized carbons (Fsp3) is 0.400. The second-order valence-corrected chi connectivity index (χ2v) is 4.18. The molecule has 0 aliphatic rings. The zero-order valence-corrected chi connectivity index (χ0v) is 9.74. The van der Waals surface area contributed by atoms with Crippen molar-refractivity contribution in [3.8, 4) is 5.75 Å². The maximum atomic E-state index is 10.7. The zero-order valence-electron chi connectivity index (χ0n) is 8.16. The van der Waals surface area contributed by atoms with E-state index in [1.165, 1.54) is 0 Å². The van der Waals surface area contributed by atoms with Gasteiger partial charge in [-0.3, -0.25) is 4.79 Å². The van der Waals surface area contributed by atoms with E-state index in [0.29, 0.717) is 28.4 Å². The molecule has 1 aromatic rings. The first-order chi connectivity index (χ1) is 6.63. The van der Waals surface area contributed by atoms with Gasteiger partial charge in [0.1, 0.15) is 10.4 Å². The third-order valence-corrected chi connectivity index (χ3v) is 2.00. The third-order valence-electron chi connectivity index (χ3n) is 1.56. The number of hydrogen-bond donors (Lipinski definition) is 0. The second-order valence-electron chi connectivity index (χ2n) is 3.37. The molecule has 1 heterocycles. The molecule has 0 fully saturated rings. The standard InChI is InChI=1S/C10H12BrNO2/c1-7(2)6-14-9-4-12-10(11)3-8(9)5-13/h3-5,7H,6H2,1-2H3. The van der Waals surface area contributed by atoms with Gasteiger partial charge in [-0.2, -0.15) is 0 Å². The van der Waals surface area contributed by atoms with Gasteiger partial charge in [-0.15, -0.1) is 0 Å². The van der Waals surface area contributed by atoms with Gasteiger partial charge in [0, 0.05) is 0 Å². The SMILES string of the molecule is CC(C)COc1cnc(Br)cc1C=O. The third kappa shape index (κ3) is 3.10. The number of carbonyl (C=O) groups excluding carboxylic acids is 1. The van der Waals surface area contributed by atoms with Crippen LogP contribution in [0.3, 0.4) is 0 Å². The highest BCUT2D eigenvalue weighted by Gasteiger charge is 2.05. The van der Waals surface area contributed by atoms with E-state index < -0.39 is 0 Å². The van der Waals surface area contributed by atoms with E-state index in [-0.39, 0.29) is 0 Å².